The van der Waals surface area contributed by atoms with Gasteiger partial charge in [0, 0.05) is 0 Å². The van der Waals surface area contributed by atoms with Crippen LogP contribution in [0.1, 0.15) is 30.1 Å². The summed E-state index contributed by atoms with van der Waals surface area (Å²) in [4.78, 5) is 35.7. The van der Waals surface area contributed by atoms with E-state index in [0.717, 1.165) is 4.68 Å². The Labute approximate surface area is 154 Å². The number of ether oxygens (including phenoxy) is 1. The van der Waals surface area contributed by atoms with Gasteiger partial charge in [0.1, 0.15) is 11.1 Å². The highest BCUT2D eigenvalue weighted by molar-refractivity contribution is 6.33. The smallest absolute Gasteiger partial charge is 0.340 e. The number of hydrogen-bond acceptors (Lipinski definition) is 6. The summed E-state index contributed by atoms with van der Waals surface area (Å²) in [5.41, 5.74) is -0.213. The monoisotopic (exact) mass is 379 g/mol. The minimum absolute atomic E-state index is 0.115. The zero-order valence-corrected chi connectivity index (χ0v) is 15.0. The van der Waals surface area contributed by atoms with Crippen molar-refractivity contribution >= 4 is 29.2 Å². The van der Waals surface area contributed by atoms with Crippen LogP contribution in [0, 0.1) is 0 Å². The van der Waals surface area contributed by atoms with Gasteiger partial charge in [0.15, 0.2) is 0 Å². The Morgan fingerprint density at radius 3 is 2.69 bits per heavy atom. The van der Waals surface area contributed by atoms with Crippen LogP contribution in [0.3, 0.4) is 0 Å². The second kappa shape index (κ2) is 8.48. The lowest BCUT2D eigenvalue weighted by atomic mass is 10.1. The van der Waals surface area contributed by atoms with E-state index >= 15 is 0 Å². The fraction of sp³-hybridized carbons (Fsp3) is 0.294. The molecule has 1 aromatic carbocycles. The number of hydrogen-bond donors (Lipinski definition) is 2. The van der Waals surface area contributed by atoms with Crippen LogP contribution in [0.2, 0.25) is 5.02 Å². The maximum absolute atomic E-state index is 12.6. The summed E-state index contributed by atoms with van der Waals surface area (Å²) in [6, 6.07) is 5.40. The molecule has 138 valence electrons. The van der Waals surface area contributed by atoms with Crippen molar-refractivity contribution in [3.63, 3.8) is 0 Å². The molecule has 0 aliphatic rings. The molecule has 0 amide bonds. The van der Waals surface area contributed by atoms with Crippen molar-refractivity contribution in [2.75, 3.05) is 12.4 Å². The Hall–Kier alpha value is -2.87. The fourth-order valence-corrected chi connectivity index (χ4v) is 2.56. The van der Waals surface area contributed by atoms with E-state index in [0.29, 0.717) is 12.8 Å². The molecule has 0 saturated heterocycles. The molecule has 0 bridgehead atoms. The fourth-order valence-electron chi connectivity index (χ4n) is 2.38. The highest BCUT2D eigenvalue weighted by Crippen LogP contribution is 2.20. The van der Waals surface area contributed by atoms with Gasteiger partial charge in [0.2, 0.25) is 0 Å². The number of halogens is 1. The van der Waals surface area contributed by atoms with Crippen molar-refractivity contribution < 1.29 is 19.4 Å². The summed E-state index contributed by atoms with van der Waals surface area (Å²) in [7, 11) is 1.23. The quantitative estimate of drug-likeness (QED) is 0.710. The van der Waals surface area contributed by atoms with Gasteiger partial charge in [-0.1, -0.05) is 37.1 Å². The van der Waals surface area contributed by atoms with Gasteiger partial charge in [-0.3, -0.25) is 4.79 Å². The van der Waals surface area contributed by atoms with Crippen LogP contribution in [-0.2, 0) is 9.53 Å². The first kappa shape index (κ1) is 19.5. The van der Waals surface area contributed by atoms with Crippen molar-refractivity contribution in [2.24, 2.45) is 0 Å². The van der Waals surface area contributed by atoms with Crippen molar-refractivity contribution in [3.8, 4) is 5.69 Å². The van der Waals surface area contributed by atoms with Gasteiger partial charge in [0.25, 0.3) is 5.56 Å². The molecule has 1 aromatic heterocycles. The first-order valence-electron chi connectivity index (χ1n) is 7.85. The minimum atomic E-state index is -1.05. The highest BCUT2D eigenvalue weighted by Gasteiger charge is 2.21. The van der Waals surface area contributed by atoms with Crippen LogP contribution in [0.25, 0.3) is 5.69 Å². The van der Waals surface area contributed by atoms with Crippen LogP contribution in [0.5, 0.6) is 0 Å². The van der Waals surface area contributed by atoms with Crippen molar-refractivity contribution in [3.05, 3.63) is 51.4 Å². The van der Waals surface area contributed by atoms with Crippen LogP contribution in [-0.4, -0.2) is 40.0 Å². The number of carbonyl (C=O) groups is 2. The Morgan fingerprint density at radius 1 is 1.38 bits per heavy atom. The van der Waals surface area contributed by atoms with Crippen molar-refractivity contribution in [2.45, 2.75) is 25.8 Å². The number of nitrogens with one attached hydrogen (secondary N) is 1. The predicted octanol–water partition coefficient (Wildman–Crippen LogP) is 2.34. The van der Waals surface area contributed by atoms with Crippen LogP contribution in [0.4, 0.5) is 5.69 Å². The number of carboxylic acid groups (broad SMARTS) is 1. The molecule has 0 radical (unpaired) electrons. The third-order valence-electron chi connectivity index (χ3n) is 3.66. The average molecular weight is 380 g/mol. The number of benzene rings is 1. The number of rotatable bonds is 7. The molecule has 2 rings (SSSR count). The lowest BCUT2D eigenvalue weighted by Crippen LogP contribution is -2.31. The van der Waals surface area contributed by atoms with Crippen molar-refractivity contribution in [1.29, 1.82) is 0 Å². The standard InChI is InChI=1S/C17H18ClN3O5/c1-3-6-11(16(23)24)20-12-9-19-21(15(22)14(12)18)13-8-5-4-7-10(13)17(25)26-2/h4-5,7-9,11,20H,3,6H2,1-2H3,(H,23,24). The third-order valence-corrected chi connectivity index (χ3v) is 4.03. The largest absolute Gasteiger partial charge is 0.480 e. The SMILES string of the molecule is CCCC(Nc1cnn(-c2ccccc2C(=O)OC)c(=O)c1Cl)C(=O)O. The number of anilines is 1. The maximum Gasteiger partial charge on any atom is 0.340 e. The third kappa shape index (κ3) is 4.02. The summed E-state index contributed by atoms with van der Waals surface area (Å²) < 4.78 is 5.67. The van der Waals surface area contributed by atoms with Gasteiger partial charge < -0.3 is 15.2 Å². The second-order valence-electron chi connectivity index (χ2n) is 5.42. The number of carbonyl (C=O) groups excluding carboxylic acids is 1. The van der Waals surface area contributed by atoms with E-state index in [-0.39, 0.29) is 22.0 Å². The Balaban J connectivity index is 2.47. The summed E-state index contributed by atoms with van der Waals surface area (Å²) >= 11 is 6.12. The van der Waals surface area contributed by atoms with E-state index in [1.165, 1.54) is 25.4 Å². The normalized spacial score (nSPS) is 11.7. The van der Waals surface area contributed by atoms with Crippen LogP contribution < -0.4 is 10.9 Å². The molecule has 0 aliphatic carbocycles. The predicted molar refractivity (Wildman–Crippen MR) is 96.1 cm³/mol. The number of esters is 1. The number of aromatic nitrogens is 2. The van der Waals surface area contributed by atoms with E-state index in [1.54, 1.807) is 12.1 Å². The van der Waals surface area contributed by atoms with Gasteiger partial charge in [-0.05, 0) is 18.6 Å². The van der Waals surface area contributed by atoms with Gasteiger partial charge in [-0.15, -0.1) is 0 Å². The van der Waals surface area contributed by atoms with Gasteiger partial charge in [0.05, 0.1) is 30.2 Å². The molecular weight excluding hydrogens is 362 g/mol. The van der Waals surface area contributed by atoms with E-state index in [4.69, 9.17) is 16.3 Å². The molecule has 0 spiro atoms. The summed E-state index contributed by atoms with van der Waals surface area (Å²) in [6.45, 7) is 1.85. The lowest BCUT2D eigenvalue weighted by Gasteiger charge is -2.16. The number of para-hydroxylation sites is 1. The van der Waals surface area contributed by atoms with Gasteiger partial charge in [-0.2, -0.15) is 9.78 Å². The molecule has 9 heteroatoms. The molecular formula is C17H18ClN3O5. The molecule has 2 aromatic rings. The van der Waals surface area contributed by atoms with E-state index in [1.807, 2.05) is 6.92 Å². The van der Waals surface area contributed by atoms with E-state index in [9.17, 15) is 19.5 Å². The lowest BCUT2D eigenvalue weighted by molar-refractivity contribution is -0.138. The molecule has 0 aliphatic heterocycles. The van der Waals surface area contributed by atoms with Crippen LogP contribution in [0.15, 0.2) is 35.3 Å². The Kier molecular flexibility index (Phi) is 6.35. The summed E-state index contributed by atoms with van der Waals surface area (Å²) in [5, 5.41) is 15.7. The maximum atomic E-state index is 12.6. The summed E-state index contributed by atoms with van der Waals surface area (Å²) in [6.07, 6.45) is 2.25. The minimum Gasteiger partial charge on any atom is -0.480 e. The van der Waals surface area contributed by atoms with Crippen molar-refractivity contribution in [1.82, 2.24) is 9.78 Å². The number of aliphatic carboxylic acids is 1. The molecule has 1 atom stereocenters. The summed E-state index contributed by atoms with van der Waals surface area (Å²) in [5.74, 6) is -1.68. The molecule has 0 saturated carbocycles. The van der Waals surface area contributed by atoms with E-state index in [2.05, 4.69) is 10.4 Å². The second-order valence-corrected chi connectivity index (χ2v) is 5.80. The van der Waals surface area contributed by atoms with Crippen LogP contribution >= 0.6 is 11.6 Å². The first-order valence-corrected chi connectivity index (χ1v) is 8.23. The first-order chi connectivity index (χ1) is 12.4. The average Bonchev–Trinajstić information content (AvgIpc) is 2.64. The molecule has 1 unspecified atom stereocenters. The zero-order chi connectivity index (χ0) is 19.3. The topological polar surface area (TPSA) is 111 Å². The zero-order valence-electron chi connectivity index (χ0n) is 14.2. The van der Waals surface area contributed by atoms with Gasteiger partial charge in [-0.25, -0.2) is 9.59 Å². The highest BCUT2D eigenvalue weighted by atomic mass is 35.5. The number of carboxylic acids is 1. The molecule has 26 heavy (non-hydrogen) atoms. The molecule has 8 nitrogen and oxygen atoms in total. The Morgan fingerprint density at radius 2 is 2.08 bits per heavy atom. The van der Waals surface area contributed by atoms with Gasteiger partial charge >= 0.3 is 11.9 Å². The number of nitrogens with zero attached hydrogens (tertiary/aromatic N) is 2. The Bertz CT molecular complexity index is 881. The molecule has 2 N–H and O–H groups in total. The van der Waals surface area contributed by atoms with E-state index < -0.39 is 23.5 Å². The molecule has 1 heterocycles. The molecule has 0 fully saturated rings. The number of methoxy groups -OCH3 is 1.